The third-order valence-corrected chi connectivity index (χ3v) is 4.40. The number of carbonyl (C=O) groups excluding carboxylic acids is 2. The van der Waals surface area contributed by atoms with E-state index in [4.69, 9.17) is 4.74 Å². The summed E-state index contributed by atoms with van der Waals surface area (Å²) in [7, 11) is 0. The Bertz CT molecular complexity index is 532. The van der Waals surface area contributed by atoms with Gasteiger partial charge in [0.1, 0.15) is 5.78 Å². The first-order valence-corrected chi connectivity index (χ1v) is 11.6. The number of ketones is 1. The highest BCUT2D eigenvalue weighted by atomic mass is 16.5. The van der Waals surface area contributed by atoms with E-state index in [2.05, 4.69) is 60.8 Å². The van der Waals surface area contributed by atoms with Crippen molar-refractivity contribution in [2.75, 3.05) is 19.8 Å². The molecular weight excluding hydrogens is 374 g/mol. The molecule has 0 saturated heterocycles. The molecule has 0 atom stereocenters. The quantitative estimate of drug-likeness (QED) is 0.188. The maximum Gasteiger partial charge on any atom is 0.220 e. The fraction of sp³-hybridized carbons (Fsp3) is 0.615. The molecule has 0 aromatic rings. The van der Waals surface area contributed by atoms with E-state index in [0.29, 0.717) is 32.6 Å². The van der Waals surface area contributed by atoms with Gasteiger partial charge in [0, 0.05) is 19.4 Å². The number of amides is 1. The number of rotatable bonds is 20. The van der Waals surface area contributed by atoms with Crippen LogP contribution in [0.2, 0.25) is 0 Å². The van der Waals surface area contributed by atoms with Gasteiger partial charge in [-0.1, -0.05) is 68.4 Å². The summed E-state index contributed by atoms with van der Waals surface area (Å²) in [5.74, 6) is 0.178. The Hall–Kier alpha value is -1.94. The largest absolute Gasteiger partial charge is 0.379 e. The zero-order valence-electron chi connectivity index (χ0n) is 19.2. The molecule has 0 fully saturated rings. The summed E-state index contributed by atoms with van der Waals surface area (Å²) < 4.78 is 5.27. The van der Waals surface area contributed by atoms with E-state index in [9.17, 15) is 9.59 Å². The molecule has 0 heterocycles. The average molecular weight is 418 g/mol. The summed E-state index contributed by atoms with van der Waals surface area (Å²) in [5, 5.41) is 2.83. The highest BCUT2D eigenvalue weighted by molar-refractivity contribution is 5.76. The summed E-state index contributed by atoms with van der Waals surface area (Å²) in [6, 6.07) is 0. The Morgan fingerprint density at radius 2 is 1.30 bits per heavy atom. The van der Waals surface area contributed by atoms with E-state index in [-0.39, 0.29) is 11.7 Å². The molecule has 170 valence electrons. The fourth-order valence-electron chi connectivity index (χ4n) is 2.61. The number of hydrogen-bond acceptors (Lipinski definition) is 3. The van der Waals surface area contributed by atoms with Crippen molar-refractivity contribution in [3.63, 3.8) is 0 Å². The van der Waals surface area contributed by atoms with Crippen molar-refractivity contribution in [2.24, 2.45) is 0 Å². The third kappa shape index (κ3) is 24.1. The first-order valence-electron chi connectivity index (χ1n) is 11.6. The SMILES string of the molecule is CCCCC/C=C\C/C=C\C/C=C\C/C=C\CCCC(=O)NCCOCCC(C)=O. The van der Waals surface area contributed by atoms with Gasteiger partial charge in [0.25, 0.3) is 0 Å². The molecule has 0 unspecified atom stereocenters. The molecule has 30 heavy (non-hydrogen) atoms. The van der Waals surface area contributed by atoms with E-state index in [1.165, 1.54) is 25.7 Å². The molecule has 0 bridgehead atoms. The summed E-state index contributed by atoms with van der Waals surface area (Å²) in [5.41, 5.74) is 0. The predicted molar refractivity (Wildman–Crippen MR) is 128 cm³/mol. The fourth-order valence-corrected chi connectivity index (χ4v) is 2.61. The van der Waals surface area contributed by atoms with Crippen molar-refractivity contribution >= 4 is 11.7 Å². The van der Waals surface area contributed by atoms with Gasteiger partial charge in [-0.2, -0.15) is 0 Å². The highest BCUT2D eigenvalue weighted by Gasteiger charge is 1.99. The summed E-state index contributed by atoms with van der Waals surface area (Å²) in [6.45, 7) is 5.16. The van der Waals surface area contributed by atoms with Crippen LogP contribution in [-0.4, -0.2) is 31.4 Å². The molecule has 0 rings (SSSR count). The Balaban J connectivity index is 3.46. The molecule has 0 aliphatic rings. The average Bonchev–Trinajstić information content (AvgIpc) is 2.72. The molecule has 0 aromatic carbocycles. The second kappa shape index (κ2) is 23.3. The van der Waals surface area contributed by atoms with Gasteiger partial charge in [-0.25, -0.2) is 0 Å². The van der Waals surface area contributed by atoms with E-state index in [1.807, 2.05) is 0 Å². The molecule has 1 N–H and O–H groups in total. The van der Waals surface area contributed by atoms with Crippen LogP contribution in [0.5, 0.6) is 0 Å². The smallest absolute Gasteiger partial charge is 0.220 e. The predicted octanol–water partition coefficient (Wildman–Crippen LogP) is 6.24. The molecule has 4 nitrogen and oxygen atoms in total. The van der Waals surface area contributed by atoms with Crippen LogP contribution in [0, 0.1) is 0 Å². The van der Waals surface area contributed by atoms with Crippen molar-refractivity contribution in [3.05, 3.63) is 48.6 Å². The summed E-state index contributed by atoms with van der Waals surface area (Å²) in [4.78, 5) is 22.4. The molecule has 1 amide bonds. The number of hydrogen-bond donors (Lipinski definition) is 1. The topological polar surface area (TPSA) is 55.4 Å². The van der Waals surface area contributed by atoms with Gasteiger partial charge in [0.05, 0.1) is 13.2 Å². The van der Waals surface area contributed by atoms with E-state index < -0.39 is 0 Å². The molecule has 0 aliphatic carbocycles. The molecule has 0 spiro atoms. The lowest BCUT2D eigenvalue weighted by Crippen LogP contribution is -2.27. The van der Waals surface area contributed by atoms with Crippen molar-refractivity contribution in [1.29, 1.82) is 0 Å². The lowest BCUT2D eigenvalue weighted by molar-refractivity contribution is -0.122. The molecule has 0 aliphatic heterocycles. The number of carbonyl (C=O) groups is 2. The van der Waals surface area contributed by atoms with Crippen LogP contribution < -0.4 is 5.32 Å². The Kier molecular flexibility index (Phi) is 21.8. The van der Waals surface area contributed by atoms with Crippen molar-refractivity contribution in [2.45, 2.75) is 84.5 Å². The van der Waals surface area contributed by atoms with Gasteiger partial charge >= 0.3 is 0 Å². The van der Waals surface area contributed by atoms with E-state index in [1.54, 1.807) is 6.92 Å². The van der Waals surface area contributed by atoms with Crippen LogP contribution in [-0.2, 0) is 14.3 Å². The van der Waals surface area contributed by atoms with Crippen LogP contribution in [0.3, 0.4) is 0 Å². The maximum atomic E-state index is 11.7. The standard InChI is InChI=1S/C26H43NO3/c1-3-4-5-6-7-8-9-10-11-12-13-14-15-16-17-18-19-20-26(29)27-22-24-30-23-21-25(2)28/h7-8,10-11,13-14,16-17H,3-6,9,12,15,18-24H2,1-2H3,(H,27,29)/b8-7-,11-10-,14-13-,17-16-. The van der Waals surface area contributed by atoms with Crippen LogP contribution >= 0.6 is 0 Å². The Labute approximate surface area is 184 Å². The summed E-state index contributed by atoms with van der Waals surface area (Å²) >= 11 is 0. The van der Waals surface area contributed by atoms with Gasteiger partial charge < -0.3 is 10.1 Å². The van der Waals surface area contributed by atoms with E-state index in [0.717, 1.165) is 32.1 Å². The monoisotopic (exact) mass is 417 g/mol. The van der Waals surface area contributed by atoms with Crippen LogP contribution in [0.1, 0.15) is 84.5 Å². The van der Waals surface area contributed by atoms with Crippen molar-refractivity contribution < 1.29 is 14.3 Å². The molecule has 0 radical (unpaired) electrons. The first kappa shape index (κ1) is 28.1. The van der Waals surface area contributed by atoms with Gasteiger partial charge in [0.15, 0.2) is 0 Å². The van der Waals surface area contributed by atoms with Crippen LogP contribution in [0.4, 0.5) is 0 Å². The zero-order chi connectivity index (χ0) is 22.1. The lowest BCUT2D eigenvalue weighted by atomic mass is 10.2. The second-order valence-corrected chi connectivity index (χ2v) is 7.40. The normalized spacial score (nSPS) is 12.1. The molecular formula is C26H43NO3. The minimum atomic E-state index is 0.0565. The summed E-state index contributed by atoms with van der Waals surface area (Å²) in [6.07, 6.45) is 28.5. The van der Waals surface area contributed by atoms with Crippen LogP contribution in [0.25, 0.3) is 0 Å². The number of unbranched alkanes of at least 4 members (excludes halogenated alkanes) is 4. The van der Waals surface area contributed by atoms with Crippen molar-refractivity contribution in [1.82, 2.24) is 5.32 Å². The molecule has 4 heteroatoms. The number of Topliss-reactive ketones (excluding diaryl/α,β-unsaturated/α-hetero) is 1. The Morgan fingerprint density at radius 1 is 0.733 bits per heavy atom. The van der Waals surface area contributed by atoms with Gasteiger partial charge in [0.2, 0.25) is 5.91 Å². The molecule has 0 aromatic heterocycles. The number of ether oxygens (including phenoxy) is 1. The van der Waals surface area contributed by atoms with Gasteiger partial charge in [-0.05, 0) is 51.9 Å². The van der Waals surface area contributed by atoms with Gasteiger partial charge in [-0.15, -0.1) is 0 Å². The number of nitrogens with one attached hydrogen (secondary N) is 1. The van der Waals surface area contributed by atoms with Crippen molar-refractivity contribution in [3.8, 4) is 0 Å². The highest BCUT2D eigenvalue weighted by Crippen LogP contribution is 2.01. The van der Waals surface area contributed by atoms with Crippen LogP contribution in [0.15, 0.2) is 48.6 Å². The van der Waals surface area contributed by atoms with E-state index >= 15 is 0 Å². The minimum Gasteiger partial charge on any atom is -0.379 e. The van der Waals surface area contributed by atoms with Gasteiger partial charge in [-0.3, -0.25) is 9.59 Å². The second-order valence-electron chi connectivity index (χ2n) is 7.40. The zero-order valence-corrected chi connectivity index (χ0v) is 19.2. The molecule has 0 saturated carbocycles. The lowest BCUT2D eigenvalue weighted by Gasteiger charge is -2.05. The first-order chi connectivity index (χ1) is 14.7. The third-order valence-electron chi connectivity index (χ3n) is 4.40. The Morgan fingerprint density at radius 3 is 1.87 bits per heavy atom. The number of allylic oxidation sites excluding steroid dienone is 8. The maximum absolute atomic E-state index is 11.7. The minimum absolute atomic E-state index is 0.0565.